The molecule has 4 nitrogen and oxygen atoms in total. The second-order valence-corrected chi connectivity index (χ2v) is 5.69. The van der Waals surface area contributed by atoms with E-state index >= 15 is 0 Å². The molecule has 0 bridgehead atoms. The molecule has 1 saturated heterocycles. The van der Waals surface area contributed by atoms with E-state index in [9.17, 15) is 9.90 Å². The molecule has 1 aliphatic rings. The third kappa shape index (κ3) is 2.35. The van der Waals surface area contributed by atoms with E-state index in [2.05, 4.69) is 0 Å². The van der Waals surface area contributed by atoms with Crippen LogP contribution in [0.3, 0.4) is 0 Å². The van der Waals surface area contributed by atoms with Gasteiger partial charge < -0.3 is 15.7 Å². The van der Waals surface area contributed by atoms with Gasteiger partial charge in [0.2, 0.25) is 0 Å². The minimum absolute atomic E-state index is 0.352. The summed E-state index contributed by atoms with van der Waals surface area (Å²) in [4.78, 5) is 13.3. The molecule has 3 rings (SSSR count). The zero-order chi connectivity index (χ0) is 15.6. The van der Waals surface area contributed by atoms with Gasteiger partial charge in [-0.3, -0.25) is 0 Å². The van der Waals surface area contributed by atoms with Crippen molar-refractivity contribution in [2.45, 2.75) is 24.5 Å². The van der Waals surface area contributed by atoms with Crippen LogP contribution in [0.4, 0.5) is 4.79 Å². The van der Waals surface area contributed by atoms with Crippen molar-refractivity contribution in [1.29, 1.82) is 0 Å². The number of primary amides is 1. The quantitative estimate of drug-likeness (QED) is 0.913. The molecule has 0 spiro atoms. The van der Waals surface area contributed by atoms with E-state index in [0.717, 1.165) is 24.0 Å². The van der Waals surface area contributed by atoms with Crippen LogP contribution in [0.25, 0.3) is 0 Å². The Morgan fingerprint density at radius 3 is 2.00 bits per heavy atom. The average molecular weight is 296 g/mol. The number of nitrogens with two attached hydrogens (primary N) is 1. The lowest BCUT2D eigenvalue weighted by atomic mass is 9.79. The highest BCUT2D eigenvalue weighted by molar-refractivity contribution is 5.73. The summed E-state index contributed by atoms with van der Waals surface area (Å²) in [6, 6.07) is 18.1. The van der Waals surface area contributed by atoms with Gasteiger partial charge in [-0.05, 0) is 24.0 Å². The first-order valence-electron chi connectivity index (χ1n) is 7.53. The molecule has 1 heterocycles. The number of hydrogen-bond donors (Lipinski definition) is 2. The lowest BCUT2D eigenvalue weighted by Gasteiger charge is -2.39. The lowest BCUT2D eigenvalue weighted by Crippen LogP contribution is -2.52. The van der Waals surface area contributed by atoms with Crippen molar-refractivity contribution >= 4 is 6.03 Å². The highest BCUT2D eigenvalue weighted by Gasteiger charge is 2.46. The maximum absolute atomic E-state index is 11.8. The van der Waals surface area contributed by atoms with Crippen molar-refractivity contribution in [3.05, 3.63) is 71.8 Å². The molecule has 0 aromatic heterocycles. The zero-order valence-electron chi connectivity index (χ0n) is 12.4. The van der Waals surface area contributed by atoms with Crippen molar-refractivity contribution in [3.63, 3.8) is 0 Å². The first kappa shape index (κ1) is 14.6. The number of carbonyl (C=O) groups is 1. The minimum atomic E-state index is -1.26. The second-order valence-electron chi connectivity index (χ2n) is 5.69. The number of urea groups is 1. The predicted octanol–water partition coefficient (Wildman–Crippen LogP) is 2.47. The van der Waals surface area contributed by atoms with E-state index < -0.39 is 11.6 Å². The second kappa shape index (κ2) is 5.81. The summed E-state index contributed by atoms with van der Waals surface area (Å²) in [6.07, 6.45) is 1.57. The van der Waals surface area contributed by atoms with Gasteiger partial charge in [-0.15, -0.1) is 0 Å². The Labute approximate surface area is 130 Å². The van der Waals surface area contributed by atoms with Crippen LogP contribution in [0.1, 0.15) is 24.0 Å². The first-order valence-corrected chi connectivity index (χ1v) is 7.53. The van der Waals surface area contributed by atoms with Gasteiger partial charge in [0.1, 0.15) is 5.60 Å². The topological polar surface area (TPSA) is 66.6 Å². The van der Waals surface area contributed by atoms with Crippen molar-refractivity contribution in [3.8, 4) is 0 Å². The Bertz CT molecular complexity index is 603. The third-order valence-electron chi connectivity index (χ3n) is 4.45. The number of carbonyl (C=O) groups excluding carboxylic acids is 1. The third-order valence-corrected chi connectivity index (χ3v) is 4.45. The van der Waals surface area contributed by atoms with Crippen LogP contribution < -0.4 is 5.73 Å². The molecule has 0 saturated carbocycles. The monoisotopic (exact) mass is 296 g/mol. The van der Waals surface area contributed by atoms with Crippen molar-refractivity contribution in [1.82, 2.24) is 4.90 Å². The number of rotatable bonds is 3. The smallest absolute Gasteiger partial charge is 0.315 e. The molecule has 2 amide bonds. The molecule has 4 heteroatoms. The van der Waals surface area contributed by atoms with Crippen LogP contribution in [-0.2, 0) is 5.60 Å². The van der Waals surface area contributed by atoms with Crippen molar-refractivity contribution < 1.29 is 9.90 Å². The van der Waals surface area contributed by atoms with Gasteiger partial charge in [-0.25, -0.2) is 4.79 Å². The Morgan fingerprint density at radius 2 is 1.55 bits per heavy atom. The molecule has 2 aromatic rings. The molecule has 1 atom stereocenters. The van der Waals surface area contributed by atoms with E-state index in [1.165, 1.54) is 0 Å². The molecule has 0 radical (unpaired) electrons. The minimum Gasteiger partial charge on any atom is -0.378 e. The fraction of sp³-hybridized carbons (Fsp3) is 0.278. The van der Waals surface area contributed by atoms with Gasteiger partial charge in [-0.2, -0.15) is 0 Å². The van der Waals surface area contributed by atoms with Gasteiger partial charge in [-0.1, -0.05) is 60.7 Å². The lowest BCUT2D eigenvalue weighted by molar-refractivity contribution is 0.00989. The van der Waals surface area contributed by atoms with Crippen LogP contribution in [0.2, 0.25) is 0 Å². The van der Waals surface area contributed by atoms with E-state index in [4.69, 9.17) is 5.73 Å². The molecule has 114 valence electrons. The molecule has 3 N–H and O–H groups in total. The van der Waals surface area contributed by atoms with E-state index in [1.54, 1.807) is 4.90 Å². The summed E-state index contributed by atoms with van der Waals surface area (Å²) < 4.78 is 0. The molecule has 1 unspecified atom stereocenters. The maximum Gasteiger partial charge on any atom is 0.315 e. The molecule has 2 aromatic carbocycles. The van der Waals surface area contributed by atoms with Gasteiger partial charge in [0.15, 0.2) is 0 Å². The standard InChI is InChI=1S/C18H20N2O2/c19-17(21)20-13-7-12-16(20)18(22,14-8-3-1-4-9-14)15-10-5-2-6-11-15/h1-6,8-11,16,22H,7,12-13H2,(H2,19,21). The van der Waals surface area contributed by atoms with Crippen LogP contribution >= 0.6 is 0 Å². The first-order chi connectivity index (χ1) is 10.6. The largest absolute Gasteiger partial charge is 0.378 e. The van der Waals surface area contributed by atoms with E-state index in [0.29, 0.717) is 6.54 Å². The van der Waals surface area contributed by atoms with Gasteiger partial charge in [0, 0.05) is 6.54 Å². The van der Waals surface area contributed by atoms with E-state index in [1.807, 2.05) is 60.7 Å². The summed E-state index contributed by atoms with van der Waals surface area (Å²) in [5, 5.41) is 11.6. The Kier molecular flexibility index (Phi) is 3.86. The highest BCUT2D eigenvalue weighted by atomic mass is 16.3. The summed E-state index contributed by atoms with van der Waals surface area (Å²) in [5.74, 6) is 0. The van der Waals surface area contributed by atoms with Gasteiger partial charge >= 0.3 is 6.03 Å². The maximum atomic E-state index is 11.8. The summed E-state index contributed by atoms with van der Waals surface area (Å²) in [5.41, 5.74) is 5.82. The fourth-order valence-corrected chi connectivity index (χ4v) is 3.40. The summed E-state index contributed by atoms with van der Waals surface area (Å²) >= 11 is 0. The average Bonchev–Trinajstić information content (AvgIpc) is 3.06. The SMILES string of the molecule is NC(=O)N1CCCC1C(O)(c1ccccc1)c1ccccc1. The highest BCUT2D eigenvalue weighted by Crippen LogP contribution is 2.40. The normalized spacial score (nSPS) is 18.4. The number of hydrogen-bond acceptors (Lipinski definition) is 2. The van der Waals surface area contributed by atoms with Crippen LogP contribution in [0, 0.1) is 0 Å². The molecule has 22 heavy (non-hydrogen) atoms. The number of amides is 2. The fourth-order valence-electron chi connectivity index (χ4n) is 3.40. The van der Waals surface area contributed by atoms with Gasteiger partial charge in [0.05, 0.1) is 6.04 Å². The number of benzene rings is 2. The Hall–Kier alpha value is -2.33. The zero-order valence-corrected chi connectivity index (χ0v) is 12.4. The Balaban J connectivity index is 2.14. The van der Waals surface area contributed by atoms with Crippen molar-refractivity contribution in [2.24, 2.45) is 5.73 Å². The summed E-state index contributed by atoms with van der Waals surface area (Å²) in [7, 11) is 0. The predicted molar refractivity (Wildman–Crippen MR) is 85.2 cm³/mol. The number of likely N-dealkylation sites (tertiary alicyclic amines) is 1. The Morgan fingerprint density at radius 1 is 1.05 bits per heavy atom. The summed E-state index contributed by atoms with van der Waals surface area (Å²) in [6.45, 7) is 0.585. The van der Waals surface area contributed by atoms with Gasteiger partial charge in [0.25, 0.3) is 0 Å². The van der Waals surface area contributed by atoms with Crippen LogP contribution in [0.5, 0.6) is 0 Å². The molecule has 0 aliphatic carbocycles. The number of aliphatic hydroxyl groups is 1. The molecular formula is C18H20N2O2. The van der Waals surface area contributed by atoms with E-state index in [-0.39, 0.29) is 6.04 Å². The molecule has 1 aliphatic heterocycles. The van der Waals surface area contributed by atoms with Crippen LogP contribution in [-0.4, -0.2) is 28.6 Å². The molecular weight excluding hydrogens is 276 g/mol. The molecule has 1 fully saturated rings. The van der Waals surface area contributed by atoms with Crippen molar-refractivity contribution in [2.75, 3.05) is 6.54 Å². The number of nitrogens with zero attached hydrogens (tertiary/aromatic N) is 1. The van der Waals surface area contributed by atoms with Crippen LogP contribution in [0.15, 0.2) is 60.7 Å².